The van der Waals surface area contributed by atoms with Crippen LogP contribution in [0.25, 0.3) is 4.85 Å². The highest BCUT2D eigenvalue weighted by Crippen LogP contribution is 2.60. The second kappa shape index (κ2) is 49.9. The molecule has 10 aliphatic heterocycles. The van der Waals surface area contributed by atoms with E-state index in [9.17, 15) is 69.2 Å². The number of carbonyl (C=O) groups is 3. The molecule has 10 heterocycles. The maximum absolute atomic E-state index is 12.6. The molecule has 122 heavy (non-hydrogen) atoms. The van der Waals surface area contributed by atoms with Crippen molar-refractivity contribution in [3.63, 3.8) is 0 Å². The van der Waals surface area contributed by atoms with E-state index in [1.165, 1.54) is 21.3 Å². The average molecular weight is 1820 g/mol. The van der Waals surface area contributed by atoms with Gasteiger partial charge in [-0.15, -0.1) is 0 Å². The number of fused-ring (bicyclic) bond motifs is 8. The number of carbonyl (C=O) groups excluding carboxylic acids is 3. The lowest BCUT2D eigenvalue weighted by Crippen LogP contribution is -2.56. The van der Waals surface area contributed by atoms with Crippen molar-refractivity contribution in [1.29, 1.82) is 2.86 Å². The Labute approximate surface area is 743 Å². The number of methoxy groups -OCH3 is 2. The zero-order valence-corrected chi connectivity index (χ0v) is 73.6. The number of aliphatic hydroxyl groups excluding tert-OH is 5. The van der Waals surface area contributed by atoms with E-state index >= 15 is 0 Å². The van der Waals surface area contributed by atoms with E-state index < -0.39 is 139 Å². The Bertz CT molecular complexity index is 3090. The Morgan fingerprint density at radius 2 is 0.910 bits per heavy atom. The van der Waals surface area contributed by atoms with Crippen LogP contribution < -0.4 is 0 Å². The van der Waals surface area contributed by atoms with Crippen LogP contribution in [0.3, 0.4) is 0 Å². The van der Waals surface area contributed by atoms with Gasteiger partial charge in [0.05, 0.1) is 109 Å². The molecule has 0 aromatic heterocycles. The SMILES string of the molecule is C.C.C.C.C.C.C.C.C.C.CC[C@]1(C(C)(C)C)O[C@@H](C)[C@@H](C)[C@@H]1OC.CO[C@H]1[C@H](O)[C@H](C)O[C@]1(CO)C(C)(C)C.C[C@@H]1OC2(C(C)(C)C)CN(C(=O)C(F)(F)F)[C@H]1[C@@H]2O.C[C@@H]1OC2(C(C)(C)C)C[C@@H]1N(C(=O)C(F)(F)F)C2.[2H]C(C)(C)C12C[C@@H]([C@H](C)O1)N(C(=O)C(F)(F)F)C2.[2H]C(C)(C)C12C[C@@H]([C@H](C)O1)N(P(OCC[N+]#[C-])N(C(C)C)C(C)C)C2.[3H]OC.[3H]OC. The summed E-state index contributed by atoms with van der Waals surface area (Å²) in [5.41, 5.74) is -5.24. The number of alkyl halides is 9. The van der Waals surface area contributed by atoms with E-state index in [0.29, 0.717) is 48.9 Å². The Morgan fingerprint density at radius 3 is 1.22 bits per heavy atom. The molecule has 5 unspecified atom stereocenters. The van der Waals surface area contributed by atoms with Crippen molar-refractivity contribution in [2.45, 2.75) is 443 Å². The van der Waals surface area contributed by atoms with Gasteiger partial charge in [0, 0.05) is 74.6 Å². The van der Waals surface area contributed by atoms with Crippen LogP contribution in [0.5, 0.6) is 0 Å². The second-order valence-electron chi connectivity index (χ2n) is 36.4. The van der Waals surface area contributed by atoms with Crippen molar-refractivity contribution >= 4 is 26.2 Å². The Balaban J connectivity index is -0.000000216. The summed E-state index contributed by atoms with van der Waals surface area (Å²) >= 11 is 0. The van der Waals surface area contributed by atoms with Gasteiger partial charge >= 0.3 is 36.3 Å². The lowest BCUT2D eigenvalue weighted by molar-refractivity contribution is -0.200. The minimum atomic E-state index is -4.93. The minimum Gasteiger partial charge on any atom is -0.400 e. The van der Waals surface area contributed by atoms with Gasteiger partial charge in [-0.05, 0) is 116 Å². The van der Waals surface area contributed by atoms with Crippen molar-refractivity contribution in [3.8, 4) is 0 Å². The molecule has 0 saturated carbocycles. The third-order valence-electron chi connectivity index (χ3n) is 24.8. The highest BCUT2D eigenvalue weighted by molar-refractivity contribution is 7.47. The van der Waals surface area contributed by atoms with Crippen molar-refractivity contribution < 1.29 is 125 Å². The van der Waals surface area contributed by atoms with Crippen LogP contribution in [-0.2, 0) is 56.8 Å². The maximum Gasteiger partial charge on any atom is 0.471 e. The van der Waals surface area contributed by atoms with Gasteiger partial charge in [0.25, 0.3) is 0 Å². The number of rotatable bonds is 13. The van der Waals surface area contributed by atoms with E-state index in [4.69, 9.17) is 54.6 Å². The van der Waals surface area contributed by atoms with Crippen LogP contribution in [0, 0.1) is 45.9 Å². The van der Waals surface area contributed by atoms with Crippen molar-refractivity contribution in [2.75, 3.05) is 74.4 Å². The molecule has 0 aliphatic carbocycles. The van der Waals surface area contributed by atoms with Gasteiger partial charge in [-0.2, -0.15) is 39.5 Å². The predicted molar refractivity (Wildman–Crippen MR) is 476 cm³/mol. The number of halogens is 9. The monoisotopic (exact) mass is 1820 g/mol. The molecule has 33 heteroatoms. The van der Waals surface area contributed by atoms with Gasteiger partial charge in [-0.1, -0.05) is 199 Å². The molecule has 738 valence electrons. The number of ether oxygens (including phenoxy) is 8. The van der Waals surface area contributed by atoms with E-state index in [0.717, 1.165) is 29.2 Å². The normalized spacial score (nSPS) is 33.9. The molecule has 23 nitrogen and oxygen atoms in total. The summed E-state index contributed by atoms with van der Waals surface area (Å²) in [6.45, 7) is 63.3. The molecule has 10 aliphatic rings. The average Bonchev–Trinajstić information content (AvgIpc) is 1.54. The number of morpholine rings is 4. The summed E-state index contributed by atoms with van der Waals surface area (Å²) in [4.78, 5) is 40.1. The van der Waals surface area contributed by atoms with Crippen LogP contribution in [0.1, 0.15) is 297 Å². The van der Waals surface area contributed by atoms with E-state index in [2.05, 4.69) is 101 Å². The number of hydrogen-bond acceptors (Lipinski definition) is 19. The summed E-state index contributed by atoms with van der Waals surface area (Å²) in [5, 5.41) is 36.8. The molecule has 10 saturated heterocycles. The van der Waals surface area contributed by atoms with E-state index in [1.807, 2.05) is 55.4 Å². The molecule has 22 atom stereocenters. The molecule has 8 bridgehead atoms. The molecule has 10 fully saturated rings. The standard InChI is InChI=1S/C18H34N3O2P.C13H26O2.C12H18F3NO3.C12H18F3NO2.C11H16F3NO2.C11H22O4.2CH4O.10CH4/c1-13(2)18-11-17(16(7)23-18)20(12-18)24(22-10-9-19-8)21(14(3)4)15(5)6;1-8-13(12(4,5)6)11(14-7)9(2)10(3)15-13;1-6-7-8(17)11(19-6,10(2,3)4)5-16(7)9(18)12(13,14)15;1-7-8-5-11(18-7,10(2,3)4)6-16(8)9(17)12(13,14)15;1-6(2)10-4-8(7(3)17-10)15(5-10)9(16)11(12,13)14;1-7-8(13)9(14-5)11(6-12,15-7)10(2,3)4;2*1-2;;;;;;;;;;/h13-17H,9-12H2,1-7H3;9-11H,8H2,1-7H3;6-8,17H,5H2,1-4H3;7-8H,5-6H2,1-4H3;6-8H,4-5H2,1-3H3;7-9,12-13H,6H2,1-5H3;2*2H,1H3;10*1H4/t16-,17-,18?,24?;9-,10+,11+,13+;6-,7+,8-,11?;7-,8-,11?;7-,8-,10?;7-,8+,9-,11-;;;;;;;;;;;;/m010000............/s1/i13D;;;;6D;;2*2T;;;;;;;;;;. The van der Waals surface area contributed by atoms with Gasteiger partial charge in [-0.25, -0.2) is 15.9 Å². The predicted octanol–water partition coefficient (Wildman–Crippen LogP) is 19.2. The number of aliphatic hydroxyl groups is 5. The van der Waals surface area contributed by atoms with Crippen LogP contribution in [0.4, 0.5) is 39.5 Å². The fourth-order valence-corrected chi connectivity index (χ4v) is 20.5. The zero-order valence-electron chi connectivity index (χ0n) is 76.7. The van der Waals surface area contributed by atoms with Crippen molar-refractivity contribution in [1.82, 2.24) is 24.0 Å². The Morgan fingerprint density at radius 1 is 0.533 bits per heavy atom. The zero-order chi connectivity index (χ0) is 90.8. The first-order valence-corrected chi connectivity index (χ1v) is 40.0. The molecule has 5 N–H and O–H groups in total. The summed E-state index contributed by atoms with van der Waals surface area (Å²) in [7, 11) is 4.94. The summed E-state index contributed by atoms with van der Waals surface area (Å²) in [5.74, 6) is -6.70. The van der Waals surface area contributed by atoms with Gasteiger partial charge in [0.15, 0.2) is 8.45 Å². The number of nitrogens with zero attached hydrogens (tertiary/aromatic N) is 6. The quantitative estimate of drug-likeness (QED) is 0.0497. The molecule has 3 amide bonds. The molecule has 0 aromatic carbocycles. The fraction of sp³-hybridized carbons (Fsp3) is 0.955. The van der Waals surface area contributed by atoms with Gasteiger partial charge in [0.1, 0.15) is 36.1 Å². The van der Waals surface area contributed by atoms with Crippen LogP contribution in [0.15, 0.2) is 0 Å². The Kier molecular flexibility index (Phi) is 51.3. The Hall–Kier alpha value is -2.94. The number of amides is 3. The van der Waals surface area contributed by atoms with Crippen LogP contribution in [0.2, 0.25) is 0 Å². The summed E-state index contributed by atoms with van der Waals surface area (Å²) < 4.78 is 199. The lowest BCUT2D eigenvalue weighted by Gasteiger charge is -2.46. The number of hydrogen-bond donors (Lipinski definition) is 5. The first-order valence-electron chi connectivity index (χ1n) is 40.7. The molecule has 0 aromatic rings. The minimum absolute atomic E-state index is 0. The molecule has 0 radical (unpaired) electrons. The van der Waals surface area contributed by atoms with Crippen LogP contribution >= 0.6 is 8.45 Å². The van der Waals surface area contributed by atoms with Crippen molar-refractivity contribution in [3.05, 3.63) is 11.4 Å². The third kappa shape index (κ3) is 27.1. The second-order valence-corrected chi connectivity index (χ2v) is 38.2. The molecular weight excluding hydrogens is 1630 g/mol. The molecule has 10 rings (SSSR count). The van der Waals surface area contributed by atoms with E-state index in [1.54, 1.807) is 69.4 Å². The fourth-order valence-electron chi connectivity index (χ4n) is 18.0. The third-order valence-corrected chi connectivity index (χ3v) is 27.4. The highest BCUT2D eigenvalue weighted by Gasteiger charge is 2.70. The largest absolute Gasteiger partial charge is 0.471 e. The molecular formula is C89H182F9N6O17P. The number of likely N-dealkylation sites (tertiary alicyclic amines) is 3. The van der Waals surface area contributed by atoms with E-state index in [-0.39, 0.29) is 159 Å². The summed E-state index contributed by atoms with van der Waals surface area (Å²) in [6.07, 6.45) is -15.3. The first kappa shape index (κ1) is 125. The topological polar surface area (TPSA) is 256 Å². The molecule has 0 spiro atoms. The van der Waals surface area contributed by atoms with Crippen molar-refractivity contribution in [2.24, 2.45) is 39.4 Å². The smallest absolute Gasteiger partial charge is 0.400 e. The van der Waals surface area contributed by atoms with Gasteiger partial charge in [0.2, 0.25) is 9.41 Å². The first-order chi connectivity index (χ1) is 52.3. The summed E-state index contributed by atoms with van der Waals surface area (Å²) in [6, 6.07) is -0.983. The van der Waals surface area contributed by atoms with Gasteiger partial charge in [-0.3, -0.25) is 14.4 Å². The highest BCUT2D eigenvalue weighted by atomic mass is 31.2. The van der Waals surface area contributed by atoms with Crippen LogP contribution in [-0.4, -0.2) is 294 Å². The van der Waals surface area contributed by atoms with Gasteiger partial charge < -0.3 is 87.5 Å². The maximum atomic E-state index is 12.6. The lowest BCUT2D eigenvalue weighted by atomic mass is 9.70.